The third-order valence-corrected chi connectivity index (χ3v) is 4.11. The van der Waals surface area contributed by atoms with E-state index in [4.69, 9.17) is 9.47 Å². The highest BCUT2D eigenvalue weighted by Crippen LogP contribution is 2.45. The normalized spacial score (nSPS) is 38.8. The Morgan fingerprint density at radius 2 is 2.33 bits per heavy atom. The van der Waals surface area contributed by atoms with Crippen LogP contribution >= 0.6 is 0 Å². The number of methoxy groups -OCH3 is 1. The van der Waals surface area contributed by atoms with Gasteiger partial charge in [0.25, 0.3) is 0 Å². The zero-order valence-corrected chi connectivity index (χ0v) is 11.0. The van der Waals surface area contributed by atoms with Crippen molar-refractivity contribution in [2.75, 3.05) is 26.9 Å². The molecule has 18 heavy (non-hydrogen) atoms. The molecular weight excluding hydrogens is 232 g/mol. The molecule has 0 radical (unpaired) electrons. The van der Waals surface area contributed by atoms with Crippen LogP contribution in [0.1, 0.15) is 26.2 Å². The number of ether oxygens (including phenoxy) is 2. The lowest BCUT2D eigenvalue weighted by atomic mass is 9.63. The van der Waals surface area contributed by atoms with Crippen molar-refractivity contribution >= 4 is 5.91 Å². The van der Waals surface area contributed by atoms with Gasteiger partial charge in [0.15, 0.2) is 0 Å². The van der Waals surface area contributed by atoms with Crippen LogP contribution in [0.2, 0.25) is 0 Å². The van der Waals surface area contributed by atoms with Gasteiger partial charge in [-0.15, -0.1) is 0 Å². The molecule has 0 spiro atoms. The summed E-state index contributed by atoms with van der Waals surface area (Å²) in [6.45, 7) is 3.63. The molecule has 1 aliphatic heterocycles. The van der Waals surface area contributed by atoms with Gasteiger partial charge in [0.2, 0.25) is 5.91 Å². The highest BCUT2D eigenvalue weighted by molar-refractivity contribution is 5.86. The van der Waals surface area contributed by atoms with Gasteiger partial charge in [-0.1, -0.05) is 6.92 Å². The van der Waals surface area contributed by atoms with Crippen molar-refractivity contribution in [1.82, 2.24) is 5.32 Å². The quantitative estimate of drug-likeness (QED) is 0.805. The molecule has 0 aromatic carbocycles. The summed E-state index contributed by atoms with van der Waals surface area (Å²) in [5.74, 6) is 0.299. The van der Waals surface area contributed by atoms with Gasteiger partial charge >= 0.3 is 0 Å². The fraction of sp³-hybridized carbons (Fsp3) is 0.846. The van der Waals surface area contributed by atoms with Gasteiger partial charge in [-0.3, -0.25) is 4.79 Å². The van der Waals surface area contributed by atoms with E-state index >= 15 is 0 Å². The predicted molar refractivity (Wildman–Crippen MR) is 64.6 cm³/mol. The first-order chi connectivity index (χ1) is 8.56. The molecule has 5 nitrogen and oxygen atoms in total. The summed E-state index contributed by atoms with van der Waals surface area (Å²) in [5.41, 5.74) is -1.23. The lowest BCUT2D eigenvalue weighted by Gasteiger charge is -2.40. The summed E-state index contributed by atoms with van der Waals surface area (Å²) in [4.78, 5) is 12.1. The molecule has 1 N–H and O–H groups in total. The molecular formula is C13H20N2O3. The Morgan fingerprint density at radius 1 is 1.61 bits per heavy atom. The first kappa shape index (κ1) is 13.3. The maximum Gasteiger partial charge on any atom is 0.240 e. The zero-order valence-electron chi connectivity index (χ0n) is 11.0. The van der Waals surface area contributed by atoms with Crippen LogP contribution in [0.3, 0.4) is 0 Å². The molecule has 1 aliphatic carbocycles. The third-order valence-electron chi connectivity index (χ3n) is 4.11. The number of carbonyl (C=O) groups is 1. The van der Waals surface area contributed by atoms with E-state index in [0.717, 1.165) is 6.42 Å². The Balaban J connectivity index is 1.90. The van der Waals surface area contributed by atoms with Crippen LogP contribution < -0.4 is 5.32 Å². The monoisotopic (exact) mass is 252 g/mol. The summed E-state index contributed by atoms with van der Waals surface area (Å²) in [6, 6.07) is 2.17. The second-order valence-electron chi connectivity index (χ2n) is 5.58. The maximum atomic E-state index is 12.1. The molecule has 5 heteroatoms. The van der Waals surface area contributed by atoms with Gasteiger partial charge in [0, 0.05) is 26.7 Å². The van der Waals surface area contributed by atoms with Gasteiger partial charge in [0.1, 0.15) is 11.0 Å². The minimum Gasteiger partial charge on any atom is -0.378 e. The molecule has 100 valence electrons. The highest BCUT2D eigenvalue weighted by Gasteiger charge is 2.49. The lowest BCUT2D eigenvalue weighted by molar-refractivity contribution is -0.135. The molecule has 0 aromatic rings. The molecule has 2 rings (SSSR count). The highest BCUT2D eigenvalue weighted by atomic mass is 16.5. The van der Waals surface area contributed by atoms with Crippen molar-refractivity contribution < 1.29 is 14.3 Å². The standard InChI is InChI=1S/C13H20N2O3/c1-10-5-12(6-10,7-14)11(16)15-8-13(17-2)3-4-18-9-13/h10H,3-6,8-9H2,1-2H3,(H,15,16). The van der Waals surface area contributed by atoms with E-state index in [1.54, 1.807) is 7.11 Å². The predicted octanol–water partition coefficient (Wildman–Crippen LogP) is 0.848. The van der Waals surface area contributed by atoms with Crippen molar-refractivity contribution in [2.24, 2.45) is 11.3 Å². The largest absolute Gasteiger partial charge is 0.378 e. The van der Waals surface area contributed by atoms with E-state index in [9.17, 15) is 10.1 Å². The van der Waals surface area contributed by atoms with Gasteiger partial charge in [-0.05, 0) is 18.8 Å². The van der Waals surface area contributed by atoms with Crippen LogP contribution in [0.25, 0.3) is 0 Å². The van der Waals surface area contributed by atoms with Crippen LogP contribution in [0.4, 0.5) is 0 Å². The van der Waals surface area contributed by atoms with Gasteiger partial charge in [0.05, 0.1) is 12.7 Å². The molecule has 1 atom stereocenters. The number of carbonyl (C=O) groups excluding carboxylic acids is 1. The zero-order chi connectivity index (χ0) is 13.2. The second-order valence-corrected chi connectivity index (χ2v) is 5.58. The molecule has 1 saturated heterocycles. The van der Waals surface area contributed by atoms with Crippen LogP contribution in [-0.2, 0) is 14.3 Å². The number of hydrogen-bond donors (Lipinski definition) is 1. The molecule has 1 heterocycles. The number of nitrogens with zero attached hydrogens (tertiary/aromatic N) is 1. The van der Waals surface area contributed by atoms with E-state index in [0.29, 0.717) is 38.5 Å². The van der Waals surface area contributed by atoms with E-state index in [2.05, 4.69) is 18.3 Å². The topological polar surface area (TPSA) is 71.3 Å². The Kier molecular flexibility index (Phi) is 3.60. The van der Waals surface area contributed by atoms with Gasteiger partial charge in [-0.25, -0.2) is 0 Å². The Hall–Kier alpha value is -1.12. The smallest absolute Gasteiger partial charge is 0.240 e. The van der Waals surface area contributed by atoms with Crippen molar-refractivity contribution in [3.63, 3.8) is 0 Å². The van der Waals surface area contributed by atoms with Gasteiger partial charge < -0.3 is 14.8 Å². The van der Waals surface area contributed by atoms with Crippen molar-refractivity contribution in [3.8, 4) is 6.07 Å². The van der Waals surface area contributed by atoms with Crippen LogP contribution in [-0.4, -0.2) is 38.4 Å². The van der Waals surface area contributed by atoms with Crippen LogP contribution in [0.5, 0.6) is 0 Å². The first-order valence-electron chi connectivity index (χ1n) is 6.38. The van der Waals surface area contributed by atoms with Crippen molar-refractivity contribution in [1.29, 1.82) is 5.26 Å². The first-order valence-corrected chi connectivity index (χ1v) is 6.38. The van der Waals surface area contributed by atoms with Gasteiger partial charge in [-0.2, -0.15) is 5.26 Å². The summed E-state index contributed by atoms with van der Waals surface area (Å²) in [7, 11) is 1.63. The fourth-order valence-electron chi connectivity index (χ4n) is 2.83. The van der Waals surface area contributed by atoms with Crippen molar-refractivity contribution in [2.45, 2.75) is 31.8 Å². The summed E-state index contributed by atoms with van der Waals surface area (Å²) < 4.78 is 10.8. The minimum atomic E-state index is -0.812. The molecule has 2 aliphatic rings. The number of rotatable bonds is 4. The van der Waals surface area contributed by atoms with Crippen LogP contribution in [0.15, 0.2) is 0 Å². The average Bonchev–Trinajstić information content (AvgIpc) is 2.81. The molecule has 2 fully saturated rings. The Bertz CT molecular complexity index is 363. The summed E-state index contributed by atoms with van der Waals surface area (Å²) >= 11 is 0. The Labute approximate surface area is 107 Å². The summed E-state index contributed by atoms with van der Waals surface area (Å²) in [6.07, 6.45) is 2.09. The Morgan fingerprint density at radius 3 is 2.78 bits per heavy atom. The molecule has 0 aromatic heterocycles. The third kappa shape index (κ3) is 2.23. The van der Waals surface area contributed by atoms with E-state index in [1.165, 1.54) is 0 Å². The molecule has 1 unspecified atom stereocenters. The number of nitriles is 1. The second kappa shape index (κ2) is 4.87. The van der Waals surface area contributed by atoms with E-state index < -0.39 is 11.0 Å². The van der Waals surface area contributed by atoms with E-state index in [1.807, 2.05) is 0 Å². The molecule has 1 saturated carbocycles. The number of nitrogens with one attached hydrogen (secondary N) is 1. The number of amides is 1. The maximum absolute atomic E-state index is 12.1. The SMILES string of the molecule is COC1(CNC(=O)C2(C#N)CC(C)C2)CCOC1. The fourth-order valence-corrected chi connectivity index (χ4v) is 2.83. The average molecular weight is 252 g/mol. The number of hydrogen-bond acceptors (Lipinski definition) is 4. The lowest BCUT2D eigenvalue weighted by Crippen LogP contribution is -2.53. The minimum absolute atomic E-state index is 0.161. The van der Waals surface area contributed by atoms with E-state index in [-0.39, 0.29) is 5.91 Å². The summed E-state index contributed by atoms with van der Waals surface area (Å²) in [5, 5.41) is 12.0. The van der Waals surface area contributed by atoms with Crippen molar-refractivity contribution in [3.05, 3.63) is 0 Å². The molecule has 0 bridgehead atoms. The molecule has 1 amide bonds. The van der Waals surface area contributed by atoms with Crippen LogP contribution in [0, 0.1) is 22.7 Å².